The van der Waals surface area contributed by atoms with Crippen molar-refractivity contribution < 1.29 is 27.5 Å². The Labute approximate surface area is 166 Å². The highest BCUT2D eigenvalue weighted by Crippen LogP contribution is 2.21. The first kappa shape index (κ1) is 19.9. The predicted molar refractivity (Wildman–Crippen MR) is 107 cm³/mol. The molecule has 1 heterocycles. The number of sulfonamides is 1. The van der Waals surface area contributed by atoms with Crippen LogP contribution >= 0.6 is 0 Å². The molecule has 0 fully saturated rings. The Morgan fingerprint density at radius 2 is 1.69 bits per heavy atom. The van der Waals surface area contributed by atoms with Gasteiger partial charge in [0.1, 0.15) is 0 Å². The van der Waals surface area contributed by atoms with E-state index in [4.69, 9.17) is 9.52 Å². The first-order chi connectivity index (χ1) is 13.8. The maximum absolute atomic E-state index is 12.6. The van der Waals surface area contributed by atoms with Gasteiger partial charge in [-0.3, -0.25) is 9.52 Å². The maximum Gasteiger partial charge on any atom is 0.328 e. The van der Waals surface area contributed by atoms with E-state index in [9.17, 15) is 18.0 Å². The molecule has 3 aromatic rings. The number of aliphatic carboxylic acids is 1. The molecule has 3 N–H and O–H groups in total. The highest BCUT2D eigenvalue weighted by Gasteiger charge is 2.15. The molecule has 0 bridgehead atoms. The first-order valence-corrected chi connectivity index (χ1v) is 9.81. The van der Waals surface area contributed by atoms with Crippen molar-refractivity contribution in [3.05, 3.63) is 84.3 Å². The van der Waals surface area contributed by atoms with Crippen molar-refractivity contribution in [3.8, 4) is 0 Å². The fourth-order valence-electron chi connectivity index (χ4n) is 2.40. The van der Waals surface area contributed by atoms with E-state index in [1.807, 2.05) is 0 Å². The second kappa shape index (κ2) is 8.44. The van der Waals surface area contributed by atoms with Gasteiger partial charge in [0.25, 0.3) is 15.9 Å². The fourth-order valence-corrected chi connectivity index (χ4v) is 3.45. The Bertz CT molecular complexity index is 1150. The number of rotatable bonds is 7. The second-order valence-corrected chi connectivity index (χ2v) is 7.54. The molecule has 148 valence electrons. The number of benzene rings is 2. The molecule has 1 amide bonds. The van der Waals surface area contributed by atoms with Crippen molar-refractivity contribution in [3.63, 3.8) is 0 Å². The van der Waals surface area contributed by atoms with Crippen LogP contribution < -0.4 is 10.0 Å². The lowest BCUT2D eigenvalue weighted by molar-refractivity contribution is -0.131. The summed E-state index contributed by atoms with van der Waals surface area (Å²) in [6.07, 6.45) is 3.70. The van der Waals surface area contributed by atoms with Crippen molar-refractivity contribution in [2.75, 3.05) is 10.0 Å². The lowest BCUT2D eigenvalue weighted by Crippen LogP contribution is -2.14. The van der Waals surface area contributed by atoms with Gasteiger partial charge in [-0.05, 0) is 54.1 Å². The van der Waals surface area contributed by atoms with Gasteiger partial charge in [-0.25, -0.2) is 13.2 Å². The molecule has 0 unspecified atom stereocenters. The van der Waals surface area contributed by atoms with Crippen LogP contribution in [0.15, 0.2) is 82.3 Å². The zero-order chi connectivity index (χ0) is 20.9. The van der Waals surface area contributed by atoms with Crippen LogP contribution in [0.2, 0.25) is 0 Å². The number of anilines is 2. The number of nitrogens with one attached hydrogen (secondary N) is 2. The molecule has 0 radical (unpaired) electrons. The lowest BCUT2D eigenvalue weighted by Gasteiger charge is -2.10. The highest BCUT2D eigenvalue weighted by atomic mass is 32.2. The van der Waals surface area contributed by atoms with Crippen LogP contribution in [0.3, 0.4) is 0 Å². The van der Waals surface area contributed by atoms with Gasteiger partial charge in [-0.15, -0.1) is 0 Å². The summed E-state index contributed by atoms with van der Waals surface area (Å²) in [4.78, 5) is 22.6. The fraction of sp³-hybridized carbons (Fsp3) is 0. The van der Waals surface area contributed by atoms with Gasteiger partial charge in [0.05, 0.1) is 16.8 Å². The van der Waals surface area contributed by atoms with E-state index < -0.39 is 21.9 Å². The van der Waals surface area contributed by atoms with E-state index in [0.717, 1.165) is 6.08 Å². The van der Waals surface area contributed by atoms with Crippen molar-refractivity contribution in [1.29, 1.82) is 0 Å². The molecular formula is C20H16N2O6S. The molecule has 1 aromatic heterocycles. The molecular weight excluding hydrogens is 396 g/mol. The van der Waals surface area contributed by atoms with Gasteiger partial charge >= 0.3 is 5.97 Å². The minimum atomic E-state index is -3.87. The van der Waals surface area contributed by atoms with Gasteiger partial charge in [0.2, 0.25) is 0 Å². The topological polar surface area (TPSA) is 126 Å². The minimum Gasteiger partial charge on any atom is -0.478 e. The van der Waals surface area contributed by atoms with Gasteiger partial charge in [-0.1, -0.05) is 18.2 Å². The molecule has 0 aliphatic heterocycles. The van der Waals surface area contributed by atoms with Gasteiger partial charge < -0.3 is 14.8 Å². The standard InChI is InChI=1S/C20H16N2O6S/c23-19(24)11-8-14-6-9-17(10-7-14)29(26,27)22-16-4-1-3-15(13-16)21-20(25)18-5-2-12-28-18/h1-13,22H,(H,21,25)(H,23,24). The SMILES string of the molecule is O=C(O)C=Cc1ccc(S(=O)(=O)Nc2cccc(NC(=O)c3ccco3)c2)cc1. The number of carbonyl (C=O) groups excluding carboxylic acids is 1. The van der Waals surface area contributed by atoms with Crippen LogP contribution in [-0.4, -0.2) is 25.4 Å². The van der Waals surface area contributed by atoms with Crippen molar-refractivity contribution in [2.24, 2.45) is 0 Å². The quantitative estimate of drug-likeness (QED) is 0.511. The molecule has 29 heavy (non-hydrogen) atoms. The Morgan fingerprint density at radius 1 is 0.966 bits per heavy atom. The van der Waals surface area contributed by atoms with E-state index in [1.165, 1.54) is 48.7 Å². The zero-order valence-electron chi connectivity index (χ0n) is 14.9. The van der Waals surface area contributed by atoms with Crippen LogP contribution in [0, 0.1) is 0 Å². The molecule has 0 saturated heterocycles. The smallest absolute Gasteiger partial charge is 0.328 e. The molecule has 0 atom stereocenters. The molecule has 0 aliphatic carbocycles. The third kappa shape index (κ3) is 5.33. The van der Waals surface area contributed by atoms with Gasteiger partial charge in [0.15, 0.2) is 5.76 Å². The summed E-state index contributed by atoms with van der Waals surface area (Å²) in [5, 5.41) is 11.2. The molecule has 8 nitrogen and oxygen atoms in total. The first-order valence-electron chi connectivity index (χ1n) is 8.32. The van der Waals surface area contributed by atoms with E-state index in [-0.39, 0.29) is 16.3 Å². The van der Waals surface area contributed by atoms with Crippen molar-refractivity contribution in [1.82, 2.24) is 0 Å². The summed E-state index contributed by atoms with van der Waals surface area (Å²) >= 11 is 0. The molecule has 0 aliphatic rings. The Kier molecular flexibility index (Phi) is 5.79. The van der Waals surface area contributed by atoms with Crippen LogP contribution in [0.5, 0.6) is 0 Å². The van der Waals surface area contributed by atoms with E-state index in [0.29, 0.717) is 11.3 Å². The summed E-state index contributed by atoms with van der Waals surface area (Å²) < 4.78 is 32.6. The predicted octanol–water partition coefficient (Wildman–Crippen LogP) is 3.43. The van der Waals surface area contributed by atoms with E-state index in [1.54, 1.807) is 24.3 Å². The zero-order valence-corrected chi connectivity index (χ0v) is 15.7. The van der Waals surface area contributed by atoms with Gasteiger partial charge in [-0.2, -0.15) is 0 Å². The Morgan fingerprint density at radius 3 is 2.34 bits per heavy atom. The highest BCUT2D eigenvalue weighted by molar-refractivity contribution is 7.92. The van der Waals surface area contributed by atoms with Crippen LogP contribution in [0.25, 0.3) is 6.08 Å². The molecule has 9 heteroatoms. The average molecular weight is 412 g/mol. The number of carboxylic acids is 1. The molecule has 0 saturated carbocycles. The summed E-state index contributed by atoms with van der Waals surface area (Å²) in [5.74, 6) is -1.42. The molecule has 2 aromatic carbocycles. The minimum absolute atomic E-state index is 0.00926. The largest absolute Gasteiger partial charge is 0.478 e. The lowest BCUT2D eigenvalue weighted by atomic mass is 10.2. The number of hydrogen-bond donors (Lipinski definition) is 3. The second-order valence-electron chi connectivity index (χ2n) is 5.86. The third-order valence-corrected chi connectivity index (χ3v) is 5.12. The normalized spacial score (nSPS) is 11.3. The summed E-state index contributed by atoms with van der Waals surface area (Å²) in [7, 11) is -3.87. The Balaban J connectivity index is 1.73. The average Bonchev–Trinajstić information content (AvgIpc) is 3.21. The summed E-state index contributed by atoms with van der Waals surface area (Å²) in [6.45, 7) is 0. The number of furan rings is 1. The van der Waals surface area contributed by atoms with E-state index >= 15 is 0 Å². The molecule has 0 spiro atoms. The van der Waals surface area contributed by atoms with Crippen molar-refractivity contribution >= 4 is 39.4 Å². The number of amides is 1. The number of carbonyl (C=O) groups is 2. The van der Waals surface area contributed by atoms with Gasteiger partial charge in [0, 0.05) is 11.8 Å². The van der Waals surface area contributed by atoms with Crippen molar-refractivity contribution in [2.45, 2.75) is 4.90 Å². The summed E-state index contributed by atoms with van der Waals surface area (Å²) in [5.41, 5.74) is 1.20. The number of carboxylic acid groups (broad SMARTS) is 1. The van der Waals surface area contributed by atoms with Crippen LogP contribution in [-0.2, 0) is 14.8 Å². The van der Waals surface area contributed by atoms with Crippen LogP contribution in [0.4, 0.5) is 11.4 Å². The molecule has 3 rings (SSSR count). The van der Waals surface area contributed by atoms with E-state index in [2.05, 4.69) is 10.0 Å². The number of hydrogen-bond acceptors (Lipinski definition) is 5. The third-order valence-electron chi connectivity index (χ3n) is 3.73. The van der Waals surface area contributed by atoms with Crippen LogP contribution in [0.1, 0.15) is 16.1 Å². The maximum atomic E-state index is 12.6. The Hall–Kier alpha value is -3.85. The monoisotopic (exact) mass is 412 g/mol. The summed E-state index contributed by atoms with van der Waals surface area (Å²) in [6, 6.07) is 15.0.